The second-order valence-electron chi connectivity index (χ2n) is 6.26. The Bertz CT molecular complexity index is 602. The van der Waals surface area contributed by atoms with E-state index >= 15 is 0 Å². The molecule has 0 saturated carbocycles. The zero-order chi connectivity index (χ0) is 24.1. The van der Waals surface area contributed by atoms with E-state index in [4.69, 9.17) is 0 Å². The Kier molecular flexibility index (Phi) is 7.09. The van der Waals surface area contributed by atoms with Gasteiger partial charge in [0.05, 0.1) is 0 Å². The van der Waals surface area contributed by atoms with Gasteiger partial charge in [0.15, 0.2) is 6.17 Å². The molecule has 15 heteroatoms. The molecule has 0 aliphatic heterocycles. The smallest absolute Gasteiger partial charge is 0.240 e. The Hall–Kier alpha value is -1.31. The summed E-state index contributed by atoms with van der Waals surface area (Å²) in [5.41, 5.74) is 0. The van der Waals surface area contributed by atoms with Crippen LogP contribution in [0.25, 0.3) is 0 Å². The first-order valence-corrected chi connectivity index (χ1v) is 7.34. The van der Waals surface area contributed by atoms with E-state index in [0.717, 1.165) is 0 Å². The van der Waals surface area contributed by atoms with Crippen LogP contribution in [0.2, 0.25) is 0 Å². The van der Waals surface area contributed by atoms with Gasteiger partial charge in [-0.25, -0.2) is 4.39 Å². The van der Waals surface area contributed by atoms with Crippen LogP contribution < -0.4 is 0 Å². The van der Waals surface area contributed by atoms with E-state index in [1.54, 1.807) is 0 Å². The van der Waals surface area contributed by atoms with Crippen molar-refractivity contribution in [1.82, 2.24) is 0 Å². The third kappa shape index (κ3) is 3.66. The van der Waals surface area contributed by atoms with E-state index in [1.807, 2.05) is 0 Å². The average Bonchev–Trinajstić information content (AvgIpc) is 2.52. The molecule has 0 N–H and O–H groups in total. The molecule has 0 heterocycles. The molecule has 29 heavy (non-hydrogen) atoms. The van der Waals surface area contributed by atoms with Gasteiger partial charge < -0.3 is 0 Å². The highest BCUT2D eigenvalue weighted by Gasteiger charge is 2.93. The highest BCUT2D eigenvalue weighted by atomic mass is 19.4. The maximum absolute atomic E-state index is 13.5. The van der Waals surface area contributed by atoms with E-state index in [1.165, 1.54) is 0 Å². The fraction of sp³-hybridized carbons (Fsp3) is 0.857. The summed E-state index contributed by atoms with van der Waals surface area (Å²) < 4.78 is 200. The van der Waals surface area contributed by atoms with Gasteiger partial charge in [0.25, 0.3) is 0 Å². The largest absolute Gasteiger partial charge is 0.385 e. The topological polar surface area (TPSA) is 0 Å². The molecule has 0 saturated heterocycles. The first kappa shape index (κ1) is 27.7. The van der Waals surface area contributed by atoms with Crippen LogP contribution in [0.3, 0.4) is 0 Å². The molecule has 0 aliphatic rings. The predicted molar refractivity (Wildman–Crippen MR) is 69.2 cm³/mol. The van der Waals surface area contributed by atoms with Gasteiger partial charge in [0, 0.05) is 0 Å². The summed E-state index contributed by atoms with van der Waals surface area (Å²) in [6, 6.07) is 0. The average molecular weight is 466 g/mol. The Labute approximate surface area is 153 Å². The lowest BCUT2D eigenvalue weighted by molar-refractivity contribution is -0.441. The molecular weight excluding hydrogens is 453 g/mol. The van der Waals surface area contributed by atoms with Gasteiger partial charge in [-0.1, -0.05) is 19.9 Å². The van der Waals surface area contributed by atoms with Crippen molar-refractivity contribution in [1.29, 1.82) is 0 Å². The fourth-order valence-electron chi connectivity index (χ4n) is 1.92. The highest BCUT2D eigenvalue weighted by molar-refractivity contribution is 5.17. The number of allylic oxidation sites excluding steroid dienone is 2. The maximum Gasteiger partial charge on any atom is 0.385 e. The van der Waals surface area contributed by atoms with Crippen LogP contribution in [0, 0.1) is 5.92 Å². The highest BCUT2D eigenvalue weighted by Crippen LogP contribution is 2.63. The van der Waals surface area contributed by atoms with Crippen LogP contribution in [0.1, 0.15) is 20.8 Å². The van der Waals surface area contributed by atoms with E-state index in [2.05, 4.69) is 0 Å². The molecule has 0 aliphatic carbocycles. The molecule has 0 fully saturated rings. The number of alkyl halides is 15. The Balaban J connectivity index is 6.67. The molecule has 1 unspecified atom stereocenters. The molecule has 0 aromatic rings. The minimum absolute atomic E-state index is 0.0840. The van der Waals surface area contributed by atoms with E-state index in [9.17, 15) is 65.9 Å². The second kappa shape index (κ2) is 7.43. The third-order valence-electron chi connectivity index (χ3n) is 3.72. The molecule has 1 atom stereocenters. The number of rotatable bonds is 9. The molecule has 0 aromatic heterocycles. The summed E-state index contributed by atoms with van der Waals surface area (Å²) in [6.45, 7) is 1.29. The molecule has 0 radical (unpaired) electrons. The maximum atomic E-state index is 13.5. The first-order valence-electron chi connectivity index (χ1n) is 7.34. The molecule has 0 bridgehead atoms. The molecule has 0 nitrogen and oxygen atoms in total. The Morgan fingerprint density at radius 3 is 1.17 bits per heavy atom. The van der Waals surface area contributed by atoms with Crippen molar-refractivity contribution in [3.05, 3.63) is 12.2 Å². The van der Waals surface area contributed by atoms with Crippen molar-refractivity contribution in [2.75, 3.05) is 0 Å². The zero-order valence-electron chi connectivity index (χ0n) is 14.5. The molecule has 0 aromatic carbocycles. The predicted octanol–water partition coefficient (Wildman–Crippen LogP) is 7.00. The lowest BCUT2D eigenvalue weighted by Gasteiger charge is -2.43. The molecule has 0 amide bonds. The fourth-order valence-corrected chi connectivity index (χ4v) is 1.92. The van der Waals surface area contributed by atoms with Crippen molar-refractivity contribution < 1.29 is 65.9 Å². The normalized spacial score (nSPS) is 17.3. The van der Waals surface area contributed by atoms with Crippen molar-refractivity contribution >= 4 is 0 Å². The van der Waals surface area contributed by atoms with Crippen LogP contribution in [0.15, 0.2) is 12.2 Å². The monoisotopic (exact) mass is 466 g/mol. The van der Waals surface area contributed by atoms with Gasteiger partial charge in [-0.15, -0.1) is 0 Å². The number of hydrogen-bond donors (Lipinski definition) is 0. The van der Waals surface area contributed by atoms with E-state index in [-0.39, 0.29) is 6.08 Å². The minimum atomic E-state index is -8.18. The molecule has 0 rings (SSSR count). The van der Waals surface area contributed by atoms with Crippen LogP contribution >= 0.6 is 0 Å². The van der Waals surface area contributed by atoms with Gasteiger partial charge in [0.2, 0.25) is 0 Å². The summed E-state index contributed by atoms with van der Waals surface area (Å²) in [5, 5.41) is 0. The lowest BCUT2D eigenvalue weighted by Crippen LogP contribution is -2.73. The van der Waals surface area contributed by atoms with Crippen LogP contribution in [-0.4, -0.2) is 47.6 Å². The zero-order valence-corrected chi connectivity index (χ0v) is 14.5. The first-order chi connectivity index (χ1) is 12.4. The molecule has 174 valence electrons. The summed E-state index contributed by atoms with van der Waals surface area (Å²) >= 11 is 0. The van der Waals surface area contributed by atoms with Gasteiger partial charge in [0.1, 0.15) is 0 Å². The van der Waals surface area contributed by atoms with Crippen LogP contribution in [0.5, 0.6) is 0 Å². The van der Waals surface area contributed by atoms with Crippen molar-refractivity contribution in [2.24, 2.45) is 5.92 Å². The quantitative estimate of drug-likeness (QED) is 0.254. The SMILES string of the molecule is CC=CC(F)(F)C(F)(F)C(F)(F)C(F)(F)C(F)(F)C(F)(F)C(F)(F)C(F)C(C)C. The van der Waals surface area contributed by atoms with Gasteiger partial charge in [-0.05, 0) is 18.9 Å². The Morgan fingerprint density at radius 1 is 0.552 bits per heavy atom. The third-order valence-corrected chi connectivity index (χ3v) is 3.72. The van der Waals surface area contributed by atoms with Gasteiger partial charge in [-0.2, -0.15) is 61.5 Å². The number of halogens is 15. The molecular formula is C14H13F15. The van der Waals surface area contributed by atoms with Crippen molar-refractivity contribution in [2.45, 2.75) is 68.4 Å². The van der Waals surface area contributed by atoms with Gasteiger partial charge >= 0.3 is 41.5 Å². The van der Waals surface area contributed by atoms with E-state index in [0.29, 0.717) is 20.8 Å². The Morgan fingerprint density at radius 2 is 0.862 bits per heavy atom. The number of hydrogen-bond acceptors (Lipinski definition) is 0. The minimum Gasteiger partial charge on any atom is -0.240 e. The second-order valence-corrected chi connectivity index (χ2v) is 6.26. The lowest BCUT2D eigenvalue weighted by atomic mass is 9.86. The standard InChI is InChI=1S/C14H13F15/c1-4-5-8(16,17)10(20,21)12(24,25)14(28,29)13(26,27)11(22,23)9(18,19)7(15)6(2)3/h4-7H,1-3H3. The van der Waals surface area contributed by atoms with Crippen LogP contribution in [0.4, 0.5) is 65.9 Å². The van der Waals surface area contributed by atoms with Crippen molar-refractivity contribution in [3.8, 4) is 0 Å². The van der Waals surface area contributed by atoms with E-state index < -0.39 is 59.6 Å². The summed E-state index contributed by atoms with van der Waals surface area (Å²) in [7, 11) is 0. The summed E-state index contributed by atoms with van der Waals surface area (Å²) in [6.07, 6.45) is -5.53. The summed E-state index contributed by atoms with van der Waals surface area (Å²) in [5.74, 6) is -54.7. The molecule has 0 spiro atoms. The summed E-state index contributed by atoms with van der Waals surface area (Å²) in [4.78, 5) is 0. The van der Waals surface area contributed by atoms with Crippen molar-refractivity contribution in [3.63, 3.8) is 0 Å². The van der Waals surface area contributed by atoms with Crippen LogP contribution in [-0.2, 0) is 0 Å². The van der Waals surface area contributed by atoms with Gasteiger partial charge in [-0.3, -0.25) is 0 Å².